The molecule has 1 amide bonds. The number of carbonyl (C=O) groups excluding carboxylic acids is 1. The van der Waals surface area contributed by atoms with Crippen LogP contribution < -0.4 is 0 Å². The summed E-state index contributed by atoms with van der Waals surface area (Å²) < 4.78 is 1.95. The first-order valence-corrected chi connectivity index (χ1v) is 9.14. The third-order valence-corrected chi connectivity index (χ3v) is 5.49. The van der Waals surface area contributed by atoms with Gasteiger partial charge in [0.15, 0.2) is 0 Å². The standard InChI is InChI=1S/C18H29N3O2/c22-17(7-12-20-13-10-19-15-20)21-11-5-2-6-16(21)14-18(23)8-3-1-4-9-18/h10,13,15-16,23H,1-9,11-12,14H2. The Kier molecular flexibility index (Phi) is 5.36. The number of amides is 1. The molecule has 1 aromatic heterocycles. The average Bonchev–Trinajstić information content (AvgIpc) is 3.07. The number of rotatable bonds is 5. The number of carbonyl (C=O) groups is 1. The minimum absolute atomic E-state index is 0.224. The minimum Gasteiger partial charge on any atom is -0.390 e. The molecule has 0 radical (unpaired) electrons. The molecule has 1 aliphatic heterocycles. The van der Waals surface area contributed by atoms with Crippen LogP contribution in [-0.2, 0) is 11.3 Å². The van der Waals surface area contributed by atoms with Gasteiger partial charge in [-0.1, -0.05) is 19.3 Å². The zero-order valence-corrected chi connectivity index (χ0v) is 14.0. The van der Waals surface area contributed by atoms with Crippen molar-refractivity contribution in [3.05, 3.63) is 18.7 Å². The molecule has 1 aliphatic carbocycles. The van der Waals surface area contributed by atoms with E-state index in [1.807, 2.05) is 15.7 Å². The summed E-state index contributed by atoms with van der Waals surface area (Å²) in [6, 6.07) is 0.224. The van der Waals surface area contributed by atoms with Gasteiger partial charge in [0, 0.05) is 37.9 Å². The third kappa shape index (κ3) is 4.34. The van der Waals surface area contributed by atoms with Crippen molar-refractivity contribution in [1.29, 1.82) is 0 Å². The summed E-state index contributed by atoms with van der Waals surface area (Å²) in [7, 11) is 0. The molecule has 2 heterocycles. The van der Waals surface area contributed by atoms with Crippen LogP contribution in [0.1, 0.15) is 64.2 Å². The van der Waals surface area contributed by atoms with E-state index in [1.54, 1.807) is 12.5 Å². The lowest BCUT2D eigenvalue weighted by Crippen LogP contribution is -2.48. The van der Waals surface area contributed by atoms with Crippen LogP contribution in [-0.4, -0.2) is 43.7 Å². The molecule has 5 heteroatoms. The van der Waals surface area contributed by atoms with E-state index in [2.05, 4.69) is 4.98 Å². The Morgan fingerprint density at radius 3 is 2.78 bits per heavy atom. The predicted octanol–water partition coefficient (Wildman–Crippen LogP) is 2.74. The summed E-state index contributed by atoms with van der Waals surface area (Å²) in [6.45, 7) is 1.54. The topological polar surface area (TPSA) is 58.4 Å². The number of aromatic nitrogens is 2. The van der Waals surface area contributed by atoms with E-state index in [-0.39, 0.29) is 11.9 Å². The van der Waals surface area contributed by atoms with Crippen LogP contribution in [0, 0.1) is 0 Å². The van der Waals surface area contributed by atoms with Gasteiger partial charge in [0.1, 0.15) is 0 Å². The number of aliphatic hydroxyl groups is 1. The monoisotopic (exact) mass is 319 g/mol. The molecule has 1 saturated heterocycles. The quantitative estimate of drug-likeness (QED) is 0.908. The van der Waals surface area contributed by atoms with Crippen molar-refractivity contribution in [2.75, 3.05) is 6.54 Å². The van der Waals surface area contributed by atoms with Gasteiger partial charge in [0.05, 0.1) is 11.9 Å². The van der Waals surface area contributed by atoms with Gasteiger partial charge in [-0.15, -0.1) is 0 Å². The van der Waals surface area contributed by atoms with Crippen molar-refractivity contribution < 1.29 is 9.90 Å². The Hall–Kier alpha value is -1.36. The summed E-state index contributed by atoms with van der Waals surface area (Å²) in [5, 5.41) is 10.9. The fraction of sp³-hybridized carbons (Fsp3) is 0.778. The van der Waals surface area contributed by atoms with Crippen LogP contribution in [0.2, 0.25) is 0 Å². The lowest BCUT2D eigenvalue weighted by molar-refractivity contribution is -0.137. The normalized spacial score (nSPS) is 24.6. The summed E-state index contributed by atoms with van der Waals surface area (Å²) in [5.41, 5.74) is -0.539. The second-order valence-electron chi connectivity index (χ2n) is 7.28. The molecule has 1 N–H and O–H groups in total. The number of aryl methyl sites for hydroxylation is 1. The zero-order chi connectivity index (χ0) is 16.1. The Morgan fingerprint density at radius 1 is 1.22 bits per heavy atom. The van der Waals surface area contributed by atoms with Gasteiger partial charge in [0.25, 0.3) is 0 Å². The number of imidazole rings is 1. The molecule has 128 valence electrons. The highest BCUT2D eigenvalue weighted by atomic mass is 16.3. The fourth-order valence-corrected chi connectivity index (χ4v) is 4.18. The minimum atomic E-state index is -0.539. The summed E-state index contributed by atoms with van der Waals surface area (Å²) >= 11 is 0. The Labute approximate surface area is 138 Å². The largest absolute Gasteiger partial charge is 0.390 e. The van der Waals surface area contributed by atoms with E-state index < -0.39 is 5.60 Å². The van der Waals surface area contributed by atoms with Crippen LogP contribution in [0.25, 0.3) is 0 Å². The predicted molar refractivity (Wildman–Crippen MR) is 88.8 cm³/mol. The lowest BCUT2D eigenvalue weighted by Gasteiger charge is -2.42. The molecule has 0 bridgehead atoms. The second kappa shape index (κ2) is 7.47. The van der Waals surface area contributed by atoms with Gasteiger partial charge in [-0.05, 0) is 38.5 Å². The van der Waals surface area contributed by atoms with Crippen molar-refractivity contribution in [3.63, 3.8) is 0 Å². The molecular formula is C18H29N3O2. The maximum absolute atomic E-state index is 12.7. The van der Waals surface area contributed by atoms with Gasteiger partial charge < -0.3 is 14.6 Å². The van der Waals surface area contributed by atoms with E-state index in [9.17, 15) is 9.90 Å². The van der Waals surface area contributed by atoms with Crippen molar-refractivity contribution in [2.24, 2.45) is 0 Å². The molecular weight excluding hydrogens is 290 g/mol. The molecule has 5 nitrogen and oxygen atoms in total. The summed E-state index contributed by atoms with van der Waals surface area (Å²) in [4.78, 5) is 18.7. The van der Waals surface area contributed by atoms with E-state index in [1.165, 1.54) is 12.8 Å². The first-order valence-electron chi connectivity index (χ1n) is 9.14. The van der Waals surface area contributed by atoms with Gasteiger partial charge in [0.2, 0.25) is 5.91 Å². The molecule has 1 saturated carbocycles. The maximum Gasteiger partial charge on any atom is 0.224 e. The molecule has 23 heavy (non-hydrogen) atoms. The Bertz CT molecular complexity index is 494. The van der Waals surface area contributed by atoms with Crippen molar-refractivity contribution in [2.45, 2.75) is 82.4 Å². The highest BCUT2D eigenvalue weighted by Crippen LogP contribution is 2.35. The van der Waals surface area contributed by atoms with Crippen LogP contribution >= 0.6 is 0 Å². The fourth-order valence-electron chi connectivity index (χ4n) is 4.18. The second-order valence-corrected chi connectivity index (χ2v) is 7.28. The van der Waals surface area contributed by atoms with Gasteiger partial charge >= 0.3 is 0 Å². The molecule has 3 rings (SSSR count). The van der Waals surface area contributed by atoms with Crippen LogP contribution in [0.3, 0.4) is 0 Å². The molecule has 1 atom stereocenters. The zero-order valence-electron chi connectivity index (χ0n) is 14.0. The Balaban J connectivity index is 1.57. The van der Waals surface area contributed by atoms with Gasteiger partial charge in [-0.2, -0.15) is 0 Å². The van der Waals surface area contributed by atoms with Crippen LogP contribution in [0.5, 0.6) is 0 Å². The third-order valence-electron chi connectivity index (χ3n) is 5.49. The van der Waals surface area contributed by atoms with Crippen molar-refractivity contribution in [3.8, 4) is 0 Å². The smallest absolute Gasteiger partial charge is 0.224 e. The summed E-state index contributed by atoms with van der Waals surface area (Å²) in [6.07, 6.45) is 15.3. The van der Waals surface area contributed by atoms with Crippen molar-refractivity contribution in [1.82, 2.24) is 14.5 Å². The van der Waals surface area contributed by atoms with Crippen LogP contribution in [0.4, 0.5) is 0 Å². The Morgan fingerprint density at radius 2 is 2.04 bits per heavy atom. The number of likely N-dealkylation sites (tertiary alicyclic amines) is 1. The summed E-state index contributed by atoms with van der Waals surface area (Å²) in [5.74, 6) is 0.225. The van der Waals surface area contributed by atoms with Crippen LogP contribution in [0.15, 0.2) is 18.7 Å². The number of nitrogens with zero attached hydrogens (tertiary/aromatic N) is 3. The number of hydrogen-bond acceptors (Lipinski definition) is 3. The molecule has 2 fully saturated rings. The van der Waals surface area contributed by atoms with E-state index in [4.69, 9.17) is 0 Å². The first kappa shape index (κ1) is 16.5. The van der Waals surface area contributed by atoms with E-state index in [0.29, 0.717) is 13.0 Å². The molecule has 1 unspecified atom stereocenters. The van der Waals surface area contributed by atoms with E-state index >= 15 is 0 Å². The van der Waals surface area contributed by atoms with E-state index in [0.717, 1.165) is 51.5 Å². The molecule has 2 aliphatic rings. The van der Waals surface area contributed by atoms with Gasteiger partial charge in [-0.3, -0.25) is 4.79 Å². The lowest BCUT2D eigenvalue weighted by atomic mass is 9.78. The highest BCUT2D eigenvalue weighted by Gasteiger charge is 2.36. The maximum atomic E-state index is 12.7. The SMILES string of the molecule is O=C(CCn1ccnc1)N1CCCCC1CC1(O)CCCCC1. The molecule has 1 aromatic rings. The van der Waals surface area contributed by atoms with Gasteiger partial charge in [-0.25, -0.2) is 4.98 Å². The van der Waals surface area contributed by atoms with Crippen molar-refractivity contribution >= 4 is 5.91 Å². The first-order chi connectivity index (χ1) is 11.2. The average molecular weight is 319 g/mol. The molecule has 0 spiro atoms. The number of piperidine rings is 1. The highest BCUT2D eigenvalue weighted by molar-refractivity contribution is 5.76. The molecule has 0 aromatic carbocycles. The number of hydrogen-bond donors (Lipinski definition) is 1.